The highest BCUT2D eigenvalue weighted by Crippen LogP contribution is 2.40. The first-order chi connectivity index (χ1) is 15.0. The Balaban J connectivity index is 1.60. The number of hydrogen-bond donors (Lipinski definition) is 0. The Morgan fingerprint density at radius 3 is 2.03 bits per heavy atom. The molecule has 0 radical (unpaired) electrons. The molecule has 5 atom stereocenters. The third kappa shape index (κ3) is 5.18. The Morgan fingerprint density at radius 1 is 0.968 bits per heavy atom. The summed E-state index contributed by atoms with van der Waals surface area (Å²) in [5.74, 6) is -0.0660. The summed E-state index contributed by atoms with van der Waals surface area (Å²) in [7, 11) is 3.91. The second kappa shape index (κ2) is 9.96. The first-order valence-corrected chi connectivity index (χ1v) is 11.3. The number of Topliss-reactive ketones (excluding diaryl/α,β-unsaturated/α-hetero) is 1. The molecule has 1 saturated heterocycles. The number of hydrogen-bond acceptors (Lipinski definition) is 7. The molecule has 4 rings (SSSR count). The number of amidine groups is 1. The van der Waals surface area contributed by atoms with Crippen molar-refractivity contribution >= 4 is 22.7 Å². The fourth-order valence-corrected chi connectivity index (χ4v) is 4.91. The molecule has 0 spiro atoms. The summed E-state index contributed by atoms with van der Waals surface area (Å²) < 4.78 is 18.9. The van der Waals surface area contributed by atoms with Gasteiger partial charge in [-0.2, -0.15) is 0 Å². The van der Waals surface area contributed by atoms with Crippen LogP contribution in [0.4, 0.5) is 0 Å². The van der Waals surface area contributed by atoms with Gasteiger partial charge in [-0.25, -0.2) is 0 Å². The van der Waals surface area contributed by atoms with Crippen LogP contribution in [0, 0.1) is 0 Å². The molecule has 31 heavy (non-hydrogen) atoms. The summed E-state index contributed by atoms with van der Waals surface area (Å²) >= 11 is 1.53. The Labute approximate surface area is 187 Å². The second-order valence-corrected chi connectivity index (χ2v) is 9.04. The average Bonchev–Trinajstić information content (AvgIpc) is 3.22. The van der Waals surface area contributed by atoms with Crippen LogP contribution in [-0.4, -0.2) is 59.7 Å². The number of ether oxygens (including phenoxy) is 3. The van der Waals surface area contributed by atoms with Gasteiger partial charge in [-0.15, -0.1) is 0 Å². The molecule has 0 aliphatic carbocycles. The standard InChI is InChI=1S/C24H28N2O4S/c1-16(27)20-22(29-15-18-12-8-5-9-13-18)21(28-14-17-10-6-4-7-11-17)19-23(30-20)31-24(25-19)26(2)3/h4-13,19-23H,14-15H2,1-3H3. The monoisotopic (exact) mass is 440 g/mol. The first-order valence-electron chi connectivity index (χ1n) is 10.4. The third-order valence-electron chi connectivity index (χ3n) is 5.35. The molecule has 0 bridgehead atoms. The number of nitrogens with zero attached hydrogens (tertiary/aromatic N) is 2. The highest BCUT2D eigenvalue weighted by atomic mass is 32.2. The van der Waals surface area contributed by atoms with Crippen LogP contribution in [0.15, 0.2) is 65.7 Å². The fourth-order valence-electron chi connectivity index (χ4n) is 3.77. The lowest BCUT2D eigenvalue weighted by Gasteiger charge is -2.41. The van der Waals surface area contributed by atoms with Gasteiger partial charge in [-0.3, -0.25) is 9.79 Å². The lowest BCUT2D eigenvalue weighted by atomic mass is 9.95. The van der Waals surface area contributed by atoms with Crippen molar-refractivity contribution in [3.05, 3.63) is 71.8 Å². The molecule has 6 nitrogen and oxygen atoms in total. The fraction of sp³-hybridized carbons (Fsp3) is 0.417. The van der Waals surface area contributed by atoms with E-state index in [-0.39, 0.29) is 17.3 Å². The Bertz CT molecular complexity index is 906. The summed E-state index contributed by atoms with van der Waals surface area (Å²) in [4.78, 5) is 19.4. The van der Waals surface area contributed by atoms with Crippen LogP contribution in [0.5, 0.6) is 0 Å². The molecule has 7 heteroatoms. The maximum Gasteiger partial charge on any atom is 0.161 e. The molecule has 0 amide bonds. The van der Waals surface area contributed by atoms with Crippen LogP contribution in [0.25, 0.3) is 0 Å². The molecule has 5 unspecified atom stereocenters. The highest BCUT2D eigenvalue weighted by molar-refractivity contribution is 8.14. The van der Waals surface area contributed by atoms with E-state index < -0.39 is 18.3 Å². The molecule has 0 aromatic heterocycles. The molecule has 2 aromatic carbocycles. The van der Waals surface area contributed by atoms with Gasteiger partial charge in [-0.1, -0.05) is 72.4 Å². The summed E-state index contributed by atoms with van der Waals surface area (Å²) in [5.41, 5.74) is 1.82. The van der Waals surface area contributed by atoms with Crippen molar-refractivity contribution in [2.24, 2.45) is 4.99 Å². The van der Waals surface area contributed by atoms with Gasteiger partial charge in [0, 0.05) is 14.1 Å². The van der Waals surface area contributed by atoms with Gasteiger partial charge in [0.15, 0.2) is 11.0 Å². The van der Waals surface area contributed by atoms with Crippen molar-refractivity contribution in [2.45, 2.75) is 49.9 Å². The molecule has 2 aromatic rings. The van der Waals surface area contributed by atoms with Crippen LogP contribution in [0.1, 0.15) is 18.1 Å². The molecule has 0 N–H and O–H groups in total. The number of thioether (sulfide) groups is 1. The quantitative estimate of drug-likeness (QED) is 0.657. The molecule has 2 aliphatic rings. The minimum absolute atomic E-state index is 0.0660. The van der Waals surface area contributed by atoms with Crippen LogP contribution >= 0.6 is 11.8 Å². The average molecular weight is 441 g/mol. The van der Waals surface area contributed by atoms with E-state index in [0.717, 1.165) is 16.3 Å². The van der Waals surface area contributed by atoms with Crippen molar-refractivity contribution in [1.29, 1.82) is 0 Å². The largest absolute Gasteiger partial charge is 0.368 e. The Kier molecular flexibility index (Phi) is 7.07. The number of carbonyl (C=O) groups excluding carboxylic acids is 1. The predicted molar refractivity (Wildman–Crippen MR) is 122 cm³/mol. The van der Waals surface area contributed by atoms with E-state index in [4.69, 9.17) is 19.2 Å². The summed E-state index contributed by atoms with van der Waals surface area (Å²) in [6, 6.07) is 19.7. The van der Waals surface area contributed by atoms with Crippen LogP contribution < -0.4 is 0 Å². The van der Waals surface area contributed by atoms with E-state index >= 15 is 0 Å². The molecular formula is C24H28N2O4S. The summed E-state index contributed by atoms with van der Waals surface area (Å²) in [5, 5.41) is 0.870. The molecular weight excluding hydrogens is 412 g/mol. The van der Waals surface area contributed by atoms with E-state index in [2.05, 4.69) is 0 Å². The minimum Gasteiger partial charge on any atom is -0.368 e. The van der Waals surface area contributed by atoms with Gasteiger partial charge in [0.25, 0.3) is 0 Å². The van der Waals surface area contributed by atoms with E-state index in [1.165, 1.54) is 11.8 Å². The van der Waals surface area contributed by atoms with E-state index in [9.17, 15) is 4.79 Å². The Hall–Kier alpha value is -2.19. The van der Waals surface area contributed by atoms with Crippen molar-refractivity contribution in [3.63, 3.8) is 0 Å². The smallest absolute Gasteiger partial charge is 0.161 e. The zero-order valence-electron chi connectivity index (χ0n) is 18.0. The van der Waals surface area contributed by atoms with Crippen molar-refractivity contribution < 1.29 is 19.0 Å². The Morgan fingerprint density at radius 2 is 1.52 bits per heavy atom. The predicted octanol–water partition coefficient (Wildman–Crippen LogP) is 3.50. The molecule has 1 fully saturated rings. The number of ketones is 1. The van der Waals surface area contributed by atoms with Crippen molar-refractivity contribution in [3.8, 4) is 0 Å². The topological polar surface area (TPSA) is 60.4 Å². The first kappa shape index (κ1) is 22.0. The van der Waals surface area contributed by atoms with Crippen LogP contribution in [0.2, 0.25) is 0 Å². The maximum atomic E-state index is 12.5. The van der Waals surface area contributed by atoms with Gasteiger partial charge < -0.3 is 19.1 Å². The van der Waals surface area contributed by atoms with Crippen LogP contribution in [0.3, 0.4) is 0 Å². The van der Waals surface area contributed by atoms with Crippen molar-refractivity contribution in [2.75, 3.05) is 14.1 Å². The number of rotatable bonds is 7. The van der Waals surface area contributed by atoms with Gasteiger partial charge >= 0.3 is 0 Å². The van der Waals surface area contributed by atoms with Crippen LogP contribution in [-0.2, 0) is 32.2 Å². The van der Waals surface area contributed by atoms with E-state index in [1.807, 2.05) is 79.7 Å². The van der Waals surface area contributed by atoms with E-state index in [0.29, 0.717) is 13.2 Å². The normalized spacial score (nSPS) is 27.5. The second-order valence-electron chi connectivity index (χ2n) is 7.97. The zero-order valence-corrected chi connectivity index (χ0v) is 18.8. The number of carbonyl (C=O) groups is 1. The maximum absolute atomic E-state index is 12.5. The number of fused-ring (bicyclic) bond motifs is 1. The SMILES string of the molecule is CC(=O)C1OC2SC(N(C)C)=NC2C(OCc2ccccc2)C1OCc1ccccc1. The van der Waals surface area contributed by atoms with E-state index in [1.54, 1.807) is 6.92 Å². The van der Waals surface area contributed by atoms with Gasteiger partial charge in [-0.05, 0) is 18.1 Å². The minimum atomic E-state index is -0.699. The highest BCUT2D eigenvalue weighted by Gasteiger charge is 2.52. The van der Waals surface area contributed by atoms with Gasteiger partial charge in [0.2, 0.25) is 0 Å². The number of benzene rings is 2. The van der Waals surface area contributed by atoms with Gasteiger partial charge in [0.05, 0.1) is 13.2 Å². The third-order valence-corrected chi connectivity index (χ3v) is 6.66. The number of aliphatic imine (C=N–C) groups is 1. The zero-order chi connectivity index (χ0) is 21.8. The summed E-state index contributed by atoms with van der Waals surface area (Å²) in [6.07, 6.45) is -1.65. The van der Waals surface area contributed by atoms with Crippen molar-refractivity contribution in [1.82, 2.24) is 4.90 Å². The van der Waals surface area contributed by atoms with Gasteiger partial charge in [0.1, 0.15) is 29.8 Å². The molecule has 2 aliphatic heterocycles. The molecule has 164 valence electrons. The lowest BCUT2D eigenvalue weighted by Crippen LogP contribution is -2.58. The molecule has 2 heterocycles. The lowest BCUT2D eigenvalue weighted by molar-refractivity contribution is -0.198. The molecule has 0 saturated carbocycles. The summed E-state index contributed by atoms with van der Waals surface area (Å²) in [6.45, 7) is 2.34.